The minimum Gasteiger partial charge on any atom is -0.383 e. The summed E-state index contributed by atoms with van der Waals surface area (Å²) in [6.45, 7) is 1.01. The summed E-state index contributed by atoms with van der Waals surface area (Å²) in [6.07, 6.45) is 10.1. The van der Waals surface area contributed by atoms with Gasteiger partial charge in [-0.2, -0.15) is 0 Å². The van der Waals surface area contributed by atoms with Crippen LogP contribution in [-0.4, -0.2) is 32.2 Å². The van der Waals surface area contributed by atoms with Gasteiger partial charge in [0.15, 0.2) is 0 Å². The minimum atomic E-state index is 0.00710. The number of aromatic nitrogens is 4. The molecule has 1 aromatic carbocycles. The van der Waals surface area contributed by atoms with Crippen LogP contribution in [0, 0.1) is 0 Å². The Morgan fingerprint density at radius 1 is 1.16 bits per heavy atom. The fraction of sp³-hybridized carbons (Fsp3) is 0.375. The summed E-state index contributed by atoms with van der Waals surface area (Å²) < 4.78 is 8.46. The summed E-state index contributed by atoms with van der Waals surface area (Å²) in [5.41, 5.74) is 10.5. The molecule has 2 atom stereocenters. The fourth-order valence-corrected chi connectivity index (χ4v) is 4.90. The zero-order chi connectivity index (χ0) is 20.8. The van der Waals surface area contributed by atoms with Crippen LogP contribution in [0.5, 0.6) is 0 Å². The highest BCUT2D eigenvalue weighted by Crippen LogP contribution is 2.34. The predicted molar refractivity (Wildman–Crippen MR) is 122 cm³/mol. The van der Waals surface area contributed by atoms with Crippen molar-refractivity contribution >= 4 is 33.6 Å². The zero-order valence-electron chi connectivity index (χ0n) is 17.4. The molecule has 2 unspecified atom stereocenters. The Hall–Kier alpha value is -3.19. The van der Waals surface area contributed by atoms with E-state index in [9.17, 15) is 0 Å². The lowest BCUT2D eigenvalue weighted by Gasteiger charge is -2.18. The third kappa shape index (κ3) is 3.39. The fourth-order valence-electron chi connectivity index (χ4n) is 4.90. The largest absolute Gasteiger partial charge is 0.383 e. The van der Waals surface area contributed by atoms with Crippen LogP contribution in [0.1, 0.15) is 43.0 Å². The maximum Gasteiger partial charge on any atom is 0.147 e. The van der Waals surface area contributed by atoms with Gasteiger partial charge in [-0.15, -0.1) is 0 Å². The first-order valence-corrected chi connectivity index (χ1v) is 11.1. The van der Waals surface area contributed by atoms with Gasteiger partial charge >= 0.3 is 0 Å². The second kappa shape index (κ2) is 7.50. The lowest BCUT2D eigenvalue weighted by molar-refractivity contribution is 0.00120. The van der Waals surface area contributed by atoms with Crippen LogP contribution in [0.4, 0.5) is 11.6 Å². The molecule has 6 rings (SSSR count). The van der Waals surface area contributed by atoms with E-state index >= 15 is 0 Å². The Morgan fingerprint density at radius 3 is 3.10 bits per heavy atom. The highest BCUT2D eigenvalue weighted by atomic mass is 16.5. The van der Waals surface area contributed by atoms with Crippen LogP contribution >= 0.6 is 0 Å². The molecule has 2 aliphatic heterocycles. The van der Waals surface area contributed by atoms with Crippen LogP contribution in [0.3, 0.4) is 0 Å². The number of hydrogen-bond donors (Lipinski definition) is 2. The van der Waals surface area contributed by atoms with Crippen LogP contribution in [-0.2, 0) is 17.6 Å². The van der Waals surface area contributed by atoms with Crippen LogP contribution < -0.4 is 11.1 Å². The molecule has 1 fully saturated rings. The number of anilines is 2. The molecule has 0 aliphatic carbocycles. The number of rotatable bonds is 4. The van der Waals surface area contributed by atoms with Crippen molar-refractivity contribution in [3.63, 3.8) is 0 Å². The van der Waals surface area contributed by atoms with Gasteiger partial charge < -0.3 is 20.4 Å². The van der Waals surface area contributed by atoms with Crippen molar-refractivity contribution in [2.24, 2.45) is 0 Å². The number of benzene rings is 1. The van der Waals surface area contributed by atoms with Gasteiger partial charge in [0.05, 0.1) is 17.0 Å². The molecule has 0 amide bonds. The van der Waals surface area contributed by atoms with Gasteiger partial charge in [-0.25, -0.2) is 15.0 Å². The van der Waals surface area contributed by atoms with E-state index in [1.165, 1.54) is 29.3 Å². The number of nitrogens with two attached hydrogens (primary N) is 1. The summed E-state index contributed by atoms with van der Waals surface area (Å²) in [6, 6.07) is 10.9. The molecule has 7 heteroatoms. The smallest absolute Gasteiger partial charge is 0.147 e. The van der Waals surface area contributed by atoms with E-state index in [0.29, 0.717) is 5.82 Å². The summed E-state index contributed by atoms with van der Waals surface area (Å²) in [7, 11) is 0. The van der Waals surface area contributed by atoms with Crippen molar-refractivity contribution in [1.82, 2.24) is 19.5 Å². The summed E-state index contributed by atoms with van der Waals surface area (Å²) in [4.78, 5) is 13.3. The summed E-state index contributed by atoms with van der Waals surface area (Å²) in [5.74, 6) is 1.57. The molecular weight excluding hydrogens is 388 g/mol. The lowest BCUT2D eigenvalue weighted by Crippen LogP contribution is -2.13. The van der Waals surface area contributed by atoms with Gasteiger partial charge in [0.1, 0.15) is 29.8 Å². The van der Waals surface area contributed by atoms with Gasteiger partial charge in [0.2, 0.25) is 0 Å². The van der Waals surface area contributed by atoms with Crippen molar-refractivity contribution in [3.05, 3.63) is 54.0 Å². The van der Waals surface area contributed by atoms with E-state index in [2.05, 4.69) is 44.1 Å². The Morgan fingerprint density at radius 2 is 2.13 bits per heavy atom. The van der Waals surface area contributed by atoms with E-state index in [-0.39, 0.29) is 12.3 Å². The molecule has 3 aromatic heterocycles. The summed E-state index contributed by atoms with van der Waals surface area (Å²) >= 11 is 0. The molecule has 1 saturated heterocycles. The van der Waals surface area contributed by atoms with Gasteiger partial charge in [-0.1, -0.05) is 12.1 Å². The molecule has 5 heterocycles. The molecule has 0 radical (unpaired) electrons. The number of nitrogen functional groups attached to an aromatic ring is 1. The third-order valence-corrected chi connectivity index (χ3v) is 6.57. The van der Waals surface area contributed by atoms with Crippen molar-refractivity contribution < 1.29 is 4.74 Å². The number of hydrogen-bond acceptors (Lipinski definition) is 6. The first-order valence-electron chi connectivity index (χ1n) is 11.1. The van der Waals surface area contributed by atoms with Crippen molar-refractivity contribution in [1.29, 1.82) is 0 Å². The van der Waals surface area contributed by atoms with Gasteiger partial charge in [0, 0.05) is 18.1 Å². The van der Waals surface area contributed by atoms with Crippen LogP contribution in [0.2, 0.25) is 0 Å². The quantitative estimate of drug-likeness (QED) is 0.519. The molecule has 158 valence electrons. The number of ether oxygens (including phenoxy) is 1. The number of aryl methyl sites for hydroxylation is 2. The topological polar surface area (TPSA) is 90.9 Å². The molecule has 0 bridgehead atoms. The highest BCUT2D eigenvalue weighted by molar-refractivity contribution is 5.86. The number of pyridine rings is 1. The number of nitrogens with zero attached hydrogens (tertiary/aromatic N) is 4. The Kier molecular flexibility index (Phi) is 4.49. The molecular formula is C24H26N6O. The van der Waals surface area contributed by atoms with Crippen molar-refractivity contribution in [2.45, 2.75) is 50.9 Å². The zero-order valence-corrected chi connectivity index (χ0v) is 17.4. The number of fused-ring (bicyclic) bond motifs is 3. The standard InChI is InChI=1S/C24H26N6O/c25-22-19-9-11-30(24(19)28-14-27-22)21-8-7-18(31-21)6-4-15-3-5-16-13-17-2-1-10-26-23(17)29-20(16)12-15/h3,5,9,11-14,18,21H,1-2,4,6-8,10H2,(H,26,29)(H2,25,27,28). The Bertz CT molecular complexity index is 1270. The second-order valence-electron chi connectivity index (χ2n) is 8.60. The summed E-state index contributed by atoms with van der Waals surface area (Å²) in [5, 5.41) is 5.55. The van der Waals surface area contributed by atoms with Crippen LogP contribution in [0.15, 0.2) is 42.9 Å². The minimum absolute atomic E-state index is 0.00710. The van der Waals surface area contributed by atoms with E-state index in [1.54, 1.807) is 0 Å². The maximum atomic E-state index is 6.37. The predicted octanol–water partition coefficient (Wildman–Crippen LogP) is 4.23. The number of nitrogens with one attached hydrogen (secondary N) is 1. The molecule has 0 spiro atoms. The third-order valence-electron chi connectivity index (χ3n) is 6.57. The molecule has 31 heavy (non-hydrogen) atoms. The highest BCUT2D eigenvalue weighted by Gasteiger charge is 2.27. The van der Waals surface area contributed by atoms with E-state index < -0.39 is 0 Å². The first-order chi connectivity index (χ1) is 15.2. The Balaban J connectivity index is 1.14. The Labute approximate surface area is 180 Å². The average molecular weight is 415 g/mol. The molecule has 0 saturated carbocycles. The SMILES string of the molecule is Nc1ncnc2c1ccn2C1CCC(CCc2ccc3cc4c(nc3c2)NCCC4)O1. The lowest BCUT2D eigenvalue weighted by atomic mass is 10.0. The monoisotopic (exact) mass is 414 g/mol. The first kappa shape index (κ1) is 18.6. The molecule has 2 aliphatic rings. The van der Waals surface area contributed by atoms with E-state index in [1.807, 2.05) is 12.3 Å². The van der Waals surface area contributed by atoms with Gasteiger partial charge in [-0.3, -0.25) is 0 Å². The second-order valence-corrected chi connectivity index (χ2v) is 8.60. The van der Waals surface area contributed by atoms with Gasteiger partial charge in [0.25, 0.3) is 0 Å². The molecule has 3 N–H and O–H groups in total. The van der Waals surface area contributed by atoms with Gasteiger partial charge in [-0.05, 0) is 67.9 Å². The van der Waals surface area contributed by atoms with Crippen molar-refractivity contribution in [3.8, 4) is 0 Å². The normalized spacial score (nSPS) is 20.8. The van der Waals surface area contributed by atoms with Crippen molar-refractivity contribution in [2.75, 3.05) is 17.6 Å². The molecule has 7 nitrogen and oxygen atoms in total. The van der Waals surface area contributed by atoms with Crippen LogP contribution in [0.25, 0.3) is 21.9 Å². The average Bonchev–Trinajstić information content (AvgIpc) is 3.44. The van der Waals surface area contributed by atoms with E-state index in [4.69, 9.17) is 15.5 Å². The van der Waals surface area contributed by atoms with E-state index in [0.717, 1.165) is 61.0 Å². The molecule has 4 aromatic rings. The maximum absolute atomic E-state index is 6.37.